The van der Waals surface area contributed by atoms with Crippen molar-refractivity contribution in [1.29, 1.82) is 0 Å². The zero-order valence-electron chi connectivity index (χ0n) is 11.9. The monoisotopic (exact) mass is 264 g/mol. The lowest BCUT2D eigenvalue weighted by molar-refractivity contribution is 0.0994. The van der Waals surface area contributed by atoms with Crippen LogP contribution in [-0.4, -0.2) is 16.8 Å². The second-order valence-electron chi connectivity index (χ2n) is 5.11. The maximum absolute atomic E-state index is 12.2. The topological polar surface area (TPSA) is 17.1 Å². The van der Waals surface area contributed by atoms with E-state index in [-0.39, 0.29) is 11.0 Å². The smallest absolute Gasteiger partial charge is 0.175 e. The molecule has 1 unspecified atom stereocenters. The Morgan fingerprint density at radius 1 is 1.17 bits per heavy atom. The molecule has 1 aromatic carbocycles. The van der Waals surface area contributed by atoms with E-state index >= 15 is 0 Å². The van der Waals surface area contributed by atoms with Crippen molar-refractivity contribution in [2.45, 2.75) is 45.8 Å². The van der Waals surface area contributed by atoms with Gasteiger partial charge in [0.1, 0.15) is 0 Å². The van der Waals surface area contributed by atoms with Crippen LogP contribution in [0.5, 0.6) is 0 Å². The summed E-state index contributed by atoms with van der Waals surface area (Å²) in [6.07, 6.45) is 2.20. The largest absolute Gasteiger partial charge is 0.293 e. The molecule has 0 fully saturated rings. The number of hydrogen-bond acceptors (Lipinski definition) is 2. The third kappa shape index (κ3) is 4.85. The molecule has 0 saturated carbocycles. The molecule has 1 atom stereocenters. The number of carbonyl (C=O) groups is 1. The Bertz CT molecular complexity index is 367. The molecule has 0 aromatic heterocycles. The Balaban J connectivity index is 2.51. The Morgan fingerprint density at radius 2 is 1.78 bits per heavy atom. The van der Waals surface area contributed by atoms with Crippen molar-refractivity contribution >= 4 is 17.5 Å². The number of rotatable bonds is 7. The van der Waals surface area contributed by atoms with Gasteiger partial charge >= 0.3 is 0 Å². The number of carbonyl (C=O) groups excluding carboxylic acids is 1. The SMILES string of the molecule is CCc1ccc(C(=O)C(C)SCCC(C)C)cc1. The van der Waals surface area contributed by atoms with Gasteiger partial charge in [-0.2, -0.15) is 11.8 Å². The van der Waals surface area contributed by atoms with E-state index in [4.69, 9.17) is 0 Å². The highest BCUT2D eigenvalue weighted by molar-refractivity contribution is 8.00. The van der Waals surface area contributed by atoms with Crippen molar-refractivity contribution in [3.8, 4) is 0 Å². The molecule has 0 bridgehead atoms. The number of ketones is 1. The van der Waals surface area contributed by atoms with Crippen LogP contribution in [0.1, 0.15) is 50.0 Å². The molecule has 1 nitrogen and oxygen atoms in total. The first-order valence-corrected chi connectivity index (χ1v) is 7.84. The first-order valence-electron chi connectivity index (χ1n) is 6.79. The quantitative estimate of drug-likeness (QED) is 0.669. The molecule has 0 aliphatic heterocycles. The molecule has 0 aliphatic carbocycles. The summed E-state index contributed by atoms with van der Waals surface area (Å²) in [6.45, 7) is 8.58. The molecule has 1 rings (SSSR count). The second-order valence-corrected chi connectivity index (χ2v) is 6.56. The standard InChI is InChI=1S/C16H24OS/c1-5-14-6-8-15(9-7-14)16(17)13(4)18-11-10-12(2)3/h6-9,12-13H,5,10-11H2,1-4H3. The van der Waals surface area contributed by atoms with Gasteiger partial charge in [-0.15, -0.1) is 0 Å². The molecule has 0 spiro atoms. The Kier molecular flexibility index (Phi) is 6.48. The molecule has 100 valence electrons. The van der Waals surface area contributed by atoms with E-state index in [0.717, 1.165) is 17.7 Å². The van der Waals surface area contributed by atoms with Gasteiger partial charge in [0.25, 0.3) is 0 Å². The summed E-state index contributed by atoms with van der Waals surface area (Å²) in [5.41, 5.74) is 2.13. The Hall–Kier alpha value is -0.760. The van der Waals surface area contributed by atoms with Gasteiger partial charge in [-0.1, -0.05) is 45.0 Å². The van der Waals surface area contributed by atoms with Gasteiger partial charge < -0.3 is 0 Å². The molecule has 18 heavy (non-hydrogen) atoms. The van der Waals surface area contributed by atoms with Crippen LogP contribution in [0, 0.1) is 5.92 Å². The molecule has 0 saturated heterocycles. The van der Waals surface area contributed by atoms with E-state index in [1.807, 2.05) is 19.1 Å². The van der Waals surface area contributed by atoms with Gasteiger partial charge in [0.15, 0.2) is 5.78 Å². The van der Waals surface area contributed by atoms with Gasteiger partial charge in [0, 0.05) is 5.56 Å². The molecule has 0 amide bonds. The van der Waals surface area contributed by atoms with Crippen LogP contribution in [0.4, 0.5) is 0 Å². The van der Waals surface area contributed by atoms with E-state index in [0.29, 0.717) is 5.92 Å². The van der Waals surface area contributed by atoms with Crippen LogP contribution >= 0.6 is 11.8 Å². The molecule has 0 heterocycles. The predicted octanol–water partition coefficient (Wildman–Crippen LogP) is 4.60. The summed E-state index contributed by atoms with van der Waals surface area (Å²) in [5, 5.41) is 0.0660. The van der Waals surface area contributed by atoms with Crippen molar-refractivity contribution in [3.63, 3.8) is 0 Å². The maximum Gasteiger partial charge on any atom is 0.175 e. The van der Waals surface area contributed by atoms with Gasteiger partial charge in [0.05, 0.1) is 5.25 Å². The van der Waals surface area contributed by atoms with Crippen molar-refractivity contribution in [2.24, 2.45) is 5.92 Å². The number of Topliss-reactive ketones (excluding diaryl/α,β-unsaturated/α-hetero) is 1. The van der Waals surface area contributed by atoms with E-state index in [9.17, 15) is 4.79 Å². The minimum atomic E-state index is 0.0660. The van der Waals surface area contributed by atoms with E-state index in [2.05, 4.69) is 32.9 Å². The van der Waals surface area contributed by atoms with Crippen LogP contribution in [-0.2, 0) is 6.42 Å². The minimum absolute atomic E-state index is 0.0660. The highest BCUT2D eigenvalue weighted by atomic mass is 32.2. The summed E-state index contributed by atoms with van der Waals surface area (Å²) in [5.74, 6) is 2.03. The lowest BCUT2D eigenvalue weighted by atomic mass is 10.1. The fourth-order valence-electron chi connectivity index (χ4n) is 1.70. The van der Waals surface area contributed by atoms with Crippen LogP contribution < -0.4 is 0 Å². The van der Waals surface area contributed by atoms with Crippen molar-refractivity contribution in [2.75, 3.05) is 5.75 Å². The second kappa shape index (κ2) is 7.63. The summed E-state index contributed by atoms with van der Waals surface area (Å²) < 4.78 is 0. The number of benzene rings is 1. The molecule has 2 heteroatoms. The lowest BCUT2D eigenvalue weighted by Crippen LogP contribution is -2.14. The Morgan fingerprint density at radius 3 is 2.28 bits per heavy atom. The van der Waals surface area contributed by atoms with Crippen LogP contribution in [0.3, 0.4) is 0 Å². The van der Waals surface area contributed by atoms with Gasteiger partial charge in [-0.05, 0) is 37.0 Å². The molecule has 0 aliphatic rings. The summed E-state index contributed by atoms with van der Waals surface area (Å²) in [4.78, 5) is 12.2. The molecular formula is C16H24OS. The fourth-order valence-corrected chi connectivity index (χ4v) is 2.94. The third-order valence-corrected chi connectivity index (χ3v) is 4.26. The summed E-state index contributed by atoms with van der Waals surface area (Å²) in [6, 6.07) is 8.03. The molecule has 0 radical (unpaired) electrons. The van der Waals surface area contributed by atoms with Crippen LogP contribution in [0.2, 0.25) is 0 Å². The normalized spacial score (nSPS) is 12.7. The lowest BCUT2D eigenvalue weighted by Gasteiger charge is -2.11. The van der Waals surface area contributed by atoms with Crippen molar-refractivity contribution in [1.82, 2.24) is 0 Å². The highest BCUT2D eigenvalue weighted by Gasteiger charge is 2.15. The van der Waals surface area contributed by atoms with E-state index in [1.54, 1.807) is 11.8 Å². The van der Waals surface area contributed by atoms with Crippen molar-refractivity contribution < 1.29 is 4.79 Å². The third-order valence-electron chi connectivity index (χ3n) is 3.08. The number of aryl methyl sites for hydroxylation is 1. The minimum Gasteiger partial charge on any atom is -0.293 e. The zero-order chi connectivity index (χ0) is 13.5. The van der Waals surface area contributed by atoms with E-state index < -0.39 is 0 Å². The summed E-state index contributed by atoms with van der Waals surface area (Å²) >= 11 is 1.77. The number of thioether (sulfide) groups is 1. The highest BCUT2D eigenvalue weighted by Crippen LogP contribution is 2.19. The Labute approximate surface area is 115 Å². The van der Waals surface area contributed by atoms with E-state index in [1.165, 1.54) is 12.0 Å². The van der Waals surface area contributed by atoms with Crippen LogP contribution in [0.25, 0.3) is 0 Å². The first kappa shape index (κ1) is 15.3. The predicted molar refractivity (Wildman–Crippen MR) is 81.5 cm³/mol. The van der Waals surface area contributed by atoms with Gasteiger partial charge in [0.2, 0.25) is 0 Å². The average molecular weight is 264 g/mol. The molecular weight excluding hydrogens is 240 g/mol. The zero-order valence-corrected chi connectivity index (χ0v) is 12.7. The van der Waals surface area contributed by atoms with Crippen LogP contribution in [0.15, 0.2) is 24.3 Å². The number of hydrogen-bond donors (Lipinski definition) is 0. The first-order chi connectivity index (χ1) is 8.54. The average Bonchev–Trinajstić information content (AvgIpc) is 2.37. The van der Waals surface area contributed by atoms with Gasteiger partial charge in [-0.25, -0.2) is 0 Å². The van der Waals surface area contributed by atoms with Gasteiger partial charge in [-0.3, -0.25) is 4.79 Å². The summed E-state index contributed by atoms with van der Waals surface area (Å²) in [7, 11) is 0. The maximum atomic E-state index is 12.2. The molecule has 1 aromatic rings. The molecule has 0 N–H and O–H groups in total. The van der Waals surface area contributed by atoms with Crippen molar-refractivity contribution in [3.05, 3.63) is 35.4 Å². The fraction of sp³-hybridized carbons (Fsp3) is 0.562.